The predicted molar refractivity (Wildman–Crippen MR) is 122 cm³/mol. The fraction of sp³-hybridized carbons (Fsp3) is 0.500. The van der Waals surface area contributed by atoms with Crippen molar-refractivity contribution in [2.24, 2.45) is 5.92 Å². The maximum absolute atomic E-state index is 13.6. The lowest BCUT2D eigenvalue weighted by Crippen LogP contribution is -2.63. The number of hydrogen-bond donors (Lipinski definition) is 1. The molecule has 9 nitrogen and oxygen atoms in total. The Morgan fingerprint density at radius 1 is 1.27 bits per heavy atom. The van der Waals surface area contributed by atoms with E-state index in [1.54, 1.807) is 25.9 Å². The number of nitrogens with one attached hydrogen (secondary N) is 1. The highest BCUT2D eigenvalue weighted by atomic mass is 16.5. The summed E-state index contributed by atoms with van der Waals surface area (Å²) in [5.74, 6) is -0.153. The third-order valence-electron chi connectivity index (χ3n) is 5.75. The summed E-state index contributed by atoms with van der Waals surface area (Å²) in [6.45, 7) is 8.62. The molecule has 9 heteroatoms. The highest BCUT2D eigenvalue weighted by Gasteiger charge is 2.48. The maximum atomic E-state index is 13.6. The van der Waals surface area contributed by atoms with Gasteiger partial charge in [-0.05, 0) is 43.9 Å². The number of carbonyl (C=O) groups excluding carboxylic acids is 3. The van der Waals surface area contributed by atoms with Gasteiger partial charge in [-0.2, -0.15) is 5.10 Å². The Hall–Kier alpha value is -3.36. The summed E-state index contributed by atoms with van der Waals surface area (Å²) in [5.41, 5.74) is -0.0934. The molecule has 0 saturated carbocycles. The van der Waals surface area contributed by atoms with Crippen LogP contribution in [0.25, 0.3) is 0 Å². The average molecular weight is 457 g/mol. The monoisotopic (exact) mass is 456 g/mol. The highest BCUT2D eigenvalue weighted by Crippen LogP contribution is 2.30. The summed E-state index contributed by atoms with van der Waals surface area (Å²) in [6.07, 6.45) is 0.825. The van der Waals surface area contributed by atoms with Crippen molar-refractivity contribution >= 4 is 17.8 Å². The van der Waals surface area contributed by atoms with E-state index in [-0.39, 0.29) is 42.9 Å². The minimum absolute atomic E-state index is 0.0472. The third-order valence-corrected chi connectivity index (χ3v) is 5.75. The van der Waals surface area contributed by atoms with Gasteiger partial charge in [-0.15, -0.1) is 0 Å². The SMILES string of the molecule is CCOC(=O)c1cc2n(n1)C[C@@](C)(C(=O)NCCC(C)C)N(Cc1cccc(OC)c1)C2=O. The third kappa shape index (κ3) is 5.18. The lowest BCUT2D eigenvalue weighted by atomic mass is 9.94. The molecule has 33 heavy (non-hydrogen) atoms. The number of fused-ring (bicyclic) bond motifs is 1. The molecule has 0 unspecified atom stereocenters. The summed E-state index contributed by atoms with van der Waals surface area (Å²) in [5, 5.41) is 7.24. The second kappa shape index (κ2) is 10.1. The van der Waals surface area contributed by atoms with Crippen molar-refractivity contribution in [1.82, 2.24) is 20.0 Å². The van der Waals surface area contributed by atoms with Crippen LogP contribution in [0, 0.1) is 5.92 Å². The fourth-order valence-corrected chi connectivity index (χ4v) is 3.81. The van der Waals surface area contributed by atoms with Crippen LogP contribution < -0.4 is 10.1 Å². The molecule has 0 spiro atoms. The van der Waals surface area contributed by atoms with Crippen LogP contribution in [0.15, 0.2) is 30.3 Å². The van der Waals surface area contributed by atoms with Crippen LogP contribution in [0.2, 0.25) is 0 Å². The first-order chi connectivity index (χ1) is 15.7. The molecule has 2 amide bonds. The number of ether oxygens (including phenoxy) is 2. The topological polar surface area (TPSA) is 103 Å². The van der Waals surface area contributed by atoms with E-state index in [0.29, 0.717) is 18.2 Å². The minimum Gasteiger partial charge on any atom is -0.497 e. The summed E-state index contributed by atoms with van der Waals surface area (Å²) >= 11 is 0. The largest absolute Gasteiger partial charge is 0.497 e. The van der Waals surface area contributed by atoms with E-state index in [2.05, 4.69) is 24.3 Å². The van der Waals surface area contributed by atoms with E-state index < -0.39 is 11.5 Å². The fourth-order valence-electron chi connectivity index (χ4n) is 3.81. The van der Waals surface area contributed by atoms with Crippen molar-refractivity contribution in [3.63, 3.8) is 0 Å². The van der Waals surface area contributed by atoms with E-state index in [9.17, 15) is 14.4 Å². The second-order valence-electron chi connectivity index (χ2n) is 8.75. The molecule has 178 valence electrons. The lowest BCUT2D eigenvalue weighted by Gasteiger charge is -2.43. The van der Waals surface area contributed by atoms with Crippen molar-refractivity contribution in [2.45, 2.75) is 52.7 Å². The molecule has 0 radical (unpaired) electrons. The van der Waals surface area contributed by atoms with Gasteiger partial charge >= 0.3 is 5.97 Å². The van der Waals surface area contributed by atoms with Crippen LogP contribution >= 0.6 is 0 Å². The number of hydrogen-bond acceptors (Lipinski definition) is 6. The number of carbonyl (C=O) groups is 3. The Morgan fingerprint density at radius 3 is 2.70 bits per heavy atom. The van der Waals surface area contributed by atoms with Gasteiger partial charge in [0.15, 0.2) is 5.69 Å². The molecule has 2 heterocycles. The van der Waals surface area contributed by atoms with E-state index in [4.69, 9.17) is 9.47 Å². The van der Waals surface area contributed by atoms with E-state index in [0.717, 1.165) is 12.0 Å². The van der Waals surface area contributed by atoms with Gasteiger partial charge in [0.1, 0.15) is 17.0 Å². The number of benzene rings is 1. The average Bonchev–Trinajstić information content (AvgIpc) is 3.20. The predicted octanol–water partition coefficient (Wildman–Crippen LogP) is 2.65. The second-order valence-corrected chi connectivity index (χ2v) is 8.75. The minimum atomic E-state index is -1.21. The number of amides is 2. The molecule has 1 N–H and O–H groups in total. The summed E-state index contributed by atoms with van der Waals surface area (Å²) in [4.78, 5) is 40.7. The zero-order valence-corrected chi connectivity index (χ0v) is 19.9. The zero-order valence-electron chi connectivity index (χ0n) is 19.9. The smallest absolute Gasteiger partial charge is 0.358 e. The van der Waals surface area contributed by atoms with Crippen molar-refractivity contribution in [3.8, 4) is 5.75 Å². The normalized spacial score (nSPS) is 17.6. The number of nitrogens with zero attached hydrogens (tertiary/aromatic N) is 3. The Morgan fingerprint density at radius 2 is 2.03 bits per heavy atom. The van der Waals surface area contributed by atoms with Crippen molar-refractivity contribution in [3.05, 3.63) is 47.3 Å². The van der Waals surface area contributed by atoms with E-state index in [1.165, 1.54) is 10.7 Å². The molecule has 3 rings (SSSR count). The van der Waals surface area contributed by atoms with Gasteiger partial charge in [0, 0.05) is 19.2 Å². The number of methoxy groups -OCH3 is 1. The van der Waals surface area contributed by atoms with Crippen LogP contribution in [0.5, 0.6) is 5.75 Å². The van der Waals surface area contributed by atoms with E-state index >= 15 is 0 Å². The van der Waals surface area contributed by atoms with Crippen molar-refractivity contribution < 1.29 is 23.9 Å². The zero-order chi connectivity index (χ0) is 24.2. The Bertz CT molecular complexity index is 1030. The van der Waals surface area contributed by atoms with Gasteiger partial charge in [-0.1, -0.05) is 26.0 Å². The summed E-state index contributed by atoms with van der Waals surface area (Å²) in [7, 11) is 1.58. The highest BCUT2D eigenvalue weighted by molar-refractivity contribution is 6.01. The van der Waals surface area contributed by atoms with Gasteiger partial charge in [-0.3, -0.25) is 14.3 Å². The number of esters is 1. The van der Waals surface area contributed by atoms with Gasteiger partial charge in [-0.25, -0.2) is 4.79 Å². The maximum Gasteiger partial charge on any atom is 0.358 e. The molecule has 0 aliphatic carbocycles. The molecule has 1 atom stereocenters. The molecule has 0 bridgehead atoms. The van der Waals surface area contributed by atoms with Crippen molar-refractivity contribution in [1.29, 1.82) is 0 Å². The van der Waals surface area contributed by atoms with Gasteiger partial charge < -0.3 is 19.7 Å². The van der Waals surface area contributed by atoms with Crippen LogP contribution in [0.4, 0.5) is 0 Å². The quantitative estimate of drug-likeness (QED) is 0.582. The standard InChI is InChI=1S/C24H32N4O5/c1-6-33-22(30)19-13-20-21(29)27(14-17-8-7-9-18(12-17)32-5)24(4,15-28(20)26-19)23(31)25-11-10-16(2)3/h7-9,12-13,16H,6,10-11,14-15H2,1-5H3,(H,25,31)/t24-/m0/s1. The lowest BCUT2D eigenvalue weighted by molar-refractivity contribution is -0.133. The first-order valence-electron chi connectivity index (χ1n) is 11.2. The molecule has 0 fully saturated rings. The van der Waals surface area contributed by atoms with Gasteiger partial charge in [0.25, 0.3) is 5.91 Å². The molecular formula is C24H32N4O5. The van der Waals surface area contributed by atoms with Crippen LogP contribution in [0.1, 0.15) is 60.7 Å². The van der Waals surface area contributed by atoms with Crippen LogP contribution in [-0.4, -0.2) is 58.3 Å². The summed E-state index contributed by atoms with van der Waals surface area (Å²) < 4.78 is 11.8. The molecule has 0 saturated heterocycles. The molecule has 1 aliphatic rings. The molecule has 1 aromatic heterocycles. The molecule has 1 aromatic carbocycles. The Balaban J connectivity index is 1.97. The van der Waals surface area contributed by atoms with Gasteiger partial charge in [0.2, 0.25) is 5.91 Å². The Labute approximate surface area is 194 Å². The number of aromatic nitrogens is 2. The first kappa shape index (κ1) is 24.3. The molecule has 2 aromatic rings. The first-order valence-corrected chi connectivity index (χ1v) is 11.2. The molecular weight excluding hydrogens is 424 g/mol. The van der Waals surface area contributed by atoms with Crippen LogP contribution in [0.3, 0.4) is 0 Å². The van der Waals surface area contributed by atoms with Crippen LogP contribution in [-0.2, 0) is 22.6 Å². The van der Waals surface area contributed by atoms with E-state index in [1.807, 2.05) is 24.3 Å². The van der Waals surface area contributed by atoms with Crippen molar-refractivity contribution in [2.75, 3.05) is 20.3 Å². The Kier molecular flexibility index (Phi) is 7.40. The number of rotatable bonds is 9. The molecule has 1 aliphatic heterocycles. The van der Waals surface area contributed by atoms with Gasteiger partial charge in [0.05, 0.1) is 20.3 Å². The summed E-state index contributed by atoms with van der Waals surface area (Å²) in [6, 6.07) is 8.80.